The molecule has 2 aliphatic heterocycles. The van der Waals surface area contributed by atoms with Gasteiger partial charge in [-0.2, -0.15) is 53.4 Å². The van der Waals surface area contributed by atoms with E-state index in [4.69, 9.17) is 14.6 Å². The molecule has 6 atom stereocenters. The molecule has 0 radical (unpaired) electrons. The van der Waals surface area contributed by atoms with E-state index < -0.39 is 127 Å². The second-order valence-corrected chi connectivity index (χ2v) is 20.1. The van der Waals surface area contributed by atoms with Crippen LogP contribution in [0, 0.1) is 34.3 Å². The number of aliphatic hydroxyl groups is 1. The molecule has 4 aromatic rings. The van der Waals surface area contributed by atoms with Gasteiger partial charge >= 0.3 is 43.2 Å². The monoisotopic (exact) mass is 1200 g/mol. The van der Waals surface area contributed by atoms with Gasteiger partial charge in [-0.05, 0) is 95.0 Å². The number of pyridine rings is 1. The number of nitrogens with one attached hydrogen (secondary N) is 6. The number of anilines is 1. The molecule has 6 rings (SSSR count). The lowest BCUT2D eigenvalue weighted by atomic mass is 9.82. The molecule has 2 fully saturated rings. The molecular formula is C51H55F13N10O9. The van der Waals surface area contributed by atoms with E-state index in [0.717, 1.165) is 56.1 Å². The Hall–Kier alpha value is -7.92. The number of carbonyl (C=O) groups excluding carboxylic acids is 3. The summed E-state index contributed by atoms with van der Waals surface area (Å²) in [7, 11) is 0. The Bertz CT molecular complexity index is 2950. The van der Waals surface area contributed by atoms with Gasteiger partial charge in [-0.15, -0.1) is 0 Å². The SMILES string of the molecule is CC(C)(C(NC(=O)O)C(=O)NNCC(O)C(Cc1ccc(C#Cc2ccc(N3CC4CCC(C3)N4)nc2)cc1)NC(=O)C(NC(=O)OCCc1c(F)cc(-c2ccn(C(F)F)n2)cc1F)C(C)(C)C(F)(F)F)C(F)(F)F.O=C(O)C(F)(F)F. The molecule has 0 spiro atoms. The Morgan fingerprint density at radius 3 is 1.81 bits per heavy atom. The molecule has 2 aromatic carbocycles. The molecule has 0 saturated carbocycles. The highest BCUT2D eigenvalue weighted by Gasteiger charge is 2.57. The Morgan fingerprint density at radius 2 is 1.31 bits per heavy atom. The third-order valence-electron chi connectivity index (χ3n) is 13.4. The smallest absolute Gasteiger partial charge is 0.475 e. The predicted octanol–water partition coefficient (Wildman–Crippen LogP) is 6.75. The van der Waals surface area contributed by atoms with E-state index in [2.05, 4.69) is 42.9 Å². The number of aliphatic carboxylic acids is 1. The normalized spacial score (nSPS) is 16.9. The molecule has 4 amide bonds. The Morgan fingerprint density at radius 1 is 0.771 bits per heavy atom. The van der Waals surface area contributed by atoms with Crippen molar-refractivity contribution >= 4 is 35.8 Å². The van der Waals surface area contributed by atoms with Crippen molar-refractivity contribution in [2.45, 2.75) is 115 Å². The van der Waals surface area contributed by atoms with Gasteiger partial charge in [-0.1, -0.05) is 24.0 Å². The quantitative estimate of drug-likeness (QED) is 0.0267. The summed E-state index contributed by atoms with van der Waals surface area (Å²) in [5.41, 5.74) is -1.71. The Balaban J connectivity index is 0.00000169. The molecule has 0 aliphatic carbocycles. The van der Waals surface area contributed by atoms with Crippen LogP contribution in [0.15, 0.2) is 67.0 Å². The minimum atomic E-state index is -5.23. The van der Waals surface area contributed by atoms with Gasteiger partial charge in [0.1, 0.15) is 29.5 Å². The summed E-state index contributed by atoms with van der Waals surface area (Å²) in [6.45, 7) is -0.825. The number of alkyl halides is 11. The van der Waals surface area contributed by atoms with Crippen molar-refractivity contribution in [3.05, 3.63) is 101 Å². The summed E-state index contributed by atoms with van der Waals surface area (Å²) < 4.78 is 179. The first-order chi connectivity index (χ1) is 38.5. The van der Waals surface area contributed by atoms with E-state index in [9.17, 15) is 77.7 Å². The highest BCUT2D eigenvalue weighted by atomic mass is 19.4. The maximum Gasteiger partial charge on any atom is 0.490 e. The van der Waals surface area contributed by atoms with E-state index in [0.29, 0.717) is 56.5 Å². The van der Waals surface area contributed by atoms with Crippen LogP contribution in [0.25, 0.3) is 11.3 Å². The van der Waals surface area contributed by atoms with Crippen LogP contribution in [0.3, 0.4) is 0 Å². The summed E-state index contributed by atoms with van der Waals surface area (Å²) in [6, 6.07) is 6.68. The number of rotatable bonds is 19. The van der Waals surface area contributed by atoms with E-state index in [1.807, 2.05) is 22.9 Å². The van der Waals surface area contributed by atoms with Crippen LogP contribution in [0.1, 0.15) is 69.3 Å². The molecule has 2 bridgehead atoms. The average molecular weight is 1200 g/mol. The molecule has 2 aromatic heterocycles. The van der Waals surface area contributed by atoms with Gasteiger partial charge in [0.25, 0.3) is 5.91 Å². The number of hydrazine groups is 1. The van der Waals surface area contributed by atoms with Gasteiger partial charge in [0.2, 0.25) is 5.91 Å². The highest BCUT2D eigenvalue weighted by Crippen LogP contribution is 2.42. The number of hydrogen-bond acceptors (Lipinski definition) is 12. The number of ether oxygens (including phenoxy) is 1. The number of amides is 4. The third-order valence-corrected chi connectivity index (χ3v) is 13.4. The van der Waals surface area contributed by atoms with Crippen molar-refractivity contribution in [1.29, 1.82) is 0 Å². The predicted molar refractivity (Wildman–Crippen MR) is 266 cm³/mol. The lowest BCUT2D eigenvalue weighted by Gasteiger charge is -2.36. The maximum absolute atomic E-state index is 15.0. The molecule has 9 N–H and O–H groups in total. The van der Waals surface area contributed by atoms with Crippen LogP contribution in [0.4, 0.5) is 72.5 Å². The maximum atomic E-state index is 15.0. The summed E-state index contributed by atoms with van der Waals surface area (Å²) >= 11 is 0. The van der Waals surface area contributed by atoms with Crippen LogP contribution >= 0.6 is 0 Å². The van der Waals surface area contributed by atoms with E-state index in [1.165, 1.54) is 17.4 Å². The van der Waals surface area contributed by atoms with Crippen molar-refractivity contribution in [1.82, 2.24) is 46.9 Å². The Labute approximate surface area is 463 Å². The van der Waals surface area contributed by atoms with Gasteiger partial charge in [0.15, 0.2) is 0 Å². The van der Waals surface area contributed by atoms with Crippen molar-refractivity contribution in [2.75, 3.05) is 31.1 Å². The summed E-state index contributed by atoms with van der Waals surface area (Å²) in [5.74, 6) is -1.46. The largest absolute Gasteiger partial charge is 0.490 e. The lowest BCUT2D eigenvalue weighted by molar-refractivity contribution is -0.221. The zero-order valence-corrected chi connectivity index (χ0v) is 44.0. The zero-order chi connectivity index (χ0) is 62.0. The minimum Gasteiger partial charge on any atom is -0.475 e. The number of carboxylic acid groups (broad SMARTS) is 2. The van der Waals surface area contributed by atoms with E-state index >= 15 is 8.78 Å². The van der Waals surface area contributed by atoms with E-state index in [1.54, 1.807) is 18.3 Å². The van der Waals surface area contributed by atoms with Crippen LogP contribution < -0.4 is 37.0 Å². The summed E-state index contributed by atoms with van der Waals surface area (Å²) in [5, 5.41) is 40.4. The van der Waals surface area contributed by atoms with Crippen LogP contribution in [0.2, 0.25) is 0 Å². The number of carbonyl (C=O) groups is 5. The Kier molecular flexibility index (Phi) is 21.4. The fraction of sp³-hybridized carbons (Fsp3) is 0.471. The summed E-state index contributed by atoms with van der Waals surface area (Å²) in [6.07, 6.45) is -17.3. The van der Waals surface area contributed by atoms with Crippen molar-refractivity contribution in [3.8, 4) is 23.1 Å². The lowest BCUT2D eigenvalue weighted by Crippen LogP contribution is -2.63. The topological polar surface area (TPSA) is 261 Å². The first-order valence-corrected chi connectivity index (χ1v) is 24.8. The number of alkyl carbamates (subject to hydrolysis) is 1. The number of piperazine rings is 1. The van der Waals surface area contributed by atoms with Crippen LogP contribution in [0.5, 0.6) is 0 Å². The number of aromatic nitrogens is 3. The fourth-order valence-electron chi connectivity index (χ4n) is 8.35. The van der Waals surface area contributed by atoms with Crippen molar-refractivity contribution < 1.29 is 101 Å². The molecule has 2 saturated heterocycles. The third kappa shape index (κ3) is 17.8. The molecule has 6 unspecified atom stereocenters. The van der Waals surface area contributed by atoms with Gasteiger partial charge in [0, 0.05) is 72.8 Å². The van der Waals surface area contributed by atoms with Gasteiger partial charge in [-0.3, -0.25) is 15.0 Å². The number of aliphatic hydroxyl groups excluding tert-OH is 1. The van der Waals surface area contributed by atoms with Crippen LogP contribution in [-0.4, -0.2) is 141 Å². The van der Waals surface area contributed by atoms with E-state index in [-0.39, 0.29) is 22.4 Å². The number of benzene rings is 2. The highest BCUT2D eigenvalue weighted by molar-refractivity contribution is 5.87. The molecule has 454 valence electrons. The average Bonchev–Trinajstić information content (AvgIpc) is 4.01. The zero-order valence-electron chi connectivity index (χ0n) is 44.0. The summed E-state index contributed by atoms with van der Waals surface area (Å²) in [4.78, 5) is 67.1. The first-order valence-electron chi connectivity index (χ1n) is 24.8. The standard InChI is InChI=1S/C49H54F10N10O7.C2HF3O2/c1-46(2,48(54,55)56)39(65-45(75)76-18-16-32-33(50)20-29(21-34(32)51)35-15-17-69(67-35)43(52)53)41(71)63-36(37(70)23-61-66-42(72)40(64-44(73)74)47(3,4)49(57,58)59)19-27-8-5-26(6-9-27)7-10-28-11-14-38(60-22-28)68-24-30-12-13-31(25-68)62-30;3-2(4,5)1(6)7/h5-6,8-9,11,14-15,17,20-22,30-31,36-37,39-40,43,61-62,64,70H,12-13,16,18-19,23-25H2,1-4H3,(H,63,71)(H,65,75)(H,66,72)(H,73,74);(H,6,7). The van der Waals surface area contributed by atoms with Crippen molar-refractivity contribution in [2.24, 2.45) is 10.8 Å². The second-order valence-electron chi connectivity index (χ2n) is 20.1. The van der Waals surface area contributed by atoms with Crippen LogP contribution in [-0.2, 0) is 32.0 Å². The molecule has 19 nitrogen and oxygen atoms in total. The second kappa shape index (κ2) is 27.0. The fourth-order valence-corrected chi connectivity index (χ4v) is 8.35. The van der Waals surface area contributed by atoms with Gasteiger partial charge in [0.05, 0.1) is 35.3 Å². The number of fused-ring (bicyclic) bond motifs is 2. The number of hydrogen-bond donors (Lipinski definition) is 9. The molecule has 83 heavy (non-hydrogen) atoms. The number of carboxylic acids is 1. The number of halogens is 13. The minimum absolute atomic E-state index is 0.200. The molecule has 4 heterocycles. The molecule has 2 aliphatic rings. The van der Waals surface area contributed by atoms with Gasteiger partial charge in [-0.25, -0.2) is 38.3 Å². The van der Waals surface area contributed by atoms with Crippen molar-refractivity contribution in [3.63, 3.8) is 0 Å². The van der Waals surface area contributed by atoms with Gasteiger partial charge < -0.3 is 46.2 Å². The molecule has 32 heteroatoms. The number of nitrogens with zero attached hydrogens (tertiary/aromatic N) is 4. The first kappa shape index (κ1) is 65.9. The molecular weight excluding hydrogens is 1140 g/mol.